The van der Waals surface area contributed by atoms with Gasteiger partial charge in [-0.1, -0.05) is 115 Å². The average Bonchev–Trinajstić information content (AvgIpc) is 3.54. The third-order valence-corrected chi connectivity index (χ3v) is 8.43. The summed E-state index contributed by atoms with van der Waals surface area (Å²) in [5, 5.41) is 2.92. The molecule has 0 aliphatic rings. The Morgan fingerprint density at radius 1 is 0.383 bits per heavy atom. The lowest BCUT2D eigenvalue weighted by Crippen LogP contribution is -2.00. The Morgan fingerprint density at radius 3 is 1.72 bits per heavy atom. The second-order valence-electron chi connectivity index (χ2n) is 11.4. The molecule has 6 nitrogen and oxygen atoms in total. The number of pyridine rings is 2. The first-order valence-electron chi connectivity index (χ1n) is 15.4. The zero-order chi connectivity index (χ0) is 31.2. The standard InChI is InChI=1S/C41H25N5O/c1-3-10-26(11-4-1)27-18-20-29(21-19-27)40-44-39(28-12-5-2-6-13-28)45-41(46-40)31-15-9-14-30(22-31)36-23-33-34-24-42-35-17-8-7-16-32(35)38(34)47-37(33)25-43-36/h1-25H. The summed E-state index contributed by atoms with van der Waals surface area (Å²) in [6, 6.07) is 47.0. The van der Waals surface area contributed by atoms with Gasteiger partial charge in [-0.2, -0.15) is 0 Å². The van der Waals surface area contributed by atoms with Gasteiger partial charge in [0, 0.05) is 44.6 Å². The van der Waals surface area contributed by atoms with Gasteiger partial charge in [0.05, 0.1) is 17.4 Å². The quantitative estimate of drug-likeness (QED) is 0.195. The lowest BCUT2D eigenvalue weighted by molar-refractivity contribution is 0.670. The van der Waals surface area contributed by atoms with Crippen LogP contribution in [0.1, 0.15) is 0 Å². The van der Waals surface area contributed by atoms with Gasteiger partial charge in [0.2, 0.25) is 0 Å². The Labute approximate surface area is 270 Å². The minimum absolute atomic E-state index is 0.591. The molecule has 0 atom stereocenters. The summed E-state index contributed by atoms with van der Waals surface area (Å²) in [4.78, 5) is 24.3. The van der Waals surface area contributed by atoms with Crippen LogP contribution in [0.15, 0.2) is 156 Å². The first-order valence-corrected chi connectivity index (χ1v) is 15.4. The monoisotopic (exact) mass is 603 g/mol. The van der Waals surface area contributed by atoms with Gasteiger partial charge in [0.15, 0.2) is 23.1 Å². The Bertz CT molecular complexity index is 2560. The molecule has 0 aliphatic heterocycles. The highest BCUT2D eigenvalue weighted by Crippen LogP contribution is 2.35. The van der Waals surface area contributed by atoms with Gasteiger partial charge < -0.3 is 4.42 Å². The van der Waals surface area contributed by atoms with E-state index >= 15 is 0 Å². The van der Waals surface area contributed by atoms with Crippen LogP contribution in [0.5, 0.6) is 0 Å². The van der Waals surface area contributed by atoms with Crippen molar-refractivity contribution in [2.24, 2.45) is 0 Å². The molecule has 5 aromatic carbocycles. The molecule has 0 aliphatic carbocycles. The Hall–Kier alpha value is -6.53. The summed E-state index contributed by atoms with van der Waals surface area (Å²) in [7, 11) is 0. The van der Waals surface area contributed by atoms with Crippen LogP contribution in [0, 0.1) is 0 Å². The molecule has 0 N–H and O–H groups in total. The van der Waals surface area contributed by atoms with Crippen molar-refractivity contribution in [2.45, 2.75) is 0 Å². The summed E-state index contributed by atoms with van der Waals surface area (Å²) < 4.78 is 6.26. The SMILES string of the molecule is c1ccc(-c2ccc(-c3nc(-c4ccccc4)nc(-c4cccc(-c5cc6c(cn5)oc5c7ccccc7ncc65)c4)n3)cc2)cc1. The number of hydrogen-bond acceptors (Lipinski definition) is 6. The molecule has 0 radical (unpaired) electrons. The molecular formula is C41H25N5O. The molecule has 0 saturated heterocycles. The molecule has 4 heterocycles. The number of nitrogens with zero attached hydrogens (tertiary/aromatic N) is 5. The van der Waals surface area contributed by atoms with E-state index in [1.807, 2.05) is 91.1 Å². The molecule has 9 rings (SSSR count). The molecular weight excluding hydrogens is 578 g/mol. The first-order chi connectivity index (χ1) is 23.3. The van der Waals surface area contributed by atoms with Gasteiger partial charge in [-0.15, -0.1) is 0 Å². The smallest absolute Gasteiger partial charge is 0.164 e. The van der Waals surface area contributed by atoms with Crippen LogP contribution < -0.4 is 0 Å². The maximum atomic E-state index is 6.26. The molecule has 0 bridgehead atoms. The van der Waals surface area contributed by atoms with Gasteiger partial charge in [-0.25, -0.2) is 15.0 Å². The third kappa shape index (κ3) is 4.89. The molecule has 0 saturated carbocycles. The topological polar surface area (TPSA) is 77.6 Å². The predicted octanol–water partition coefficient (Wildman–Crippen LogP) is 10.0. The average molecular weight is 604 g/mol. The van der Waals surface area contributed by atoms with E-state index in [1.165, 1.54) is 0 Å². The number of aromatic nitrogens is 5. The molecule has 220 valence electrons. The van der Waals surface area contributed by atoms with Crippen LogP contribution in [0.25, 0.3) is 89.4 Å². The first kappa shape index (κ1) is 26.8. The fraction of sp³-hybridized carbons (Fsp3) is 0. The van der Waals surface area contributed by atoms with Crippen molar-refractivity contribution < 1.29 is 4.42 Å². The summed E-state index contributed by atoms with van der Waals surface area (Å²) >= 11 is 0. The van der Waals surface area contributed by atoms with Gasteiger partial charge in [-0.05, 0) is 35.4 Å². The van der Waals surface area contributed by atoms with Crippen molar-refractivity contribution in [3.05, 3.63) is 152 Å². The number of benzene rings is 5. The van der Waals surface area contributed by atoms with Crippen LogP contribution in [0.3, 0.4) is 0 Å². The van der Waals surface area contributed by atoms with E-state index in [0.717, 1.165) is 71.9 Å². The Morgan fingerprint density at radius 2 is 0.957 bits per heavy atom. The molecule has 0 unspecified atom stereocenters. The number of para-hydroxylation sites is 1. The second kappa shape index (κ2) is 11.1. The number of rotatable bonds is 5. The molecule has 6 heteroatoms. The molecule has 0 amide bonds. The minimum Gasteiger partial charge on any atom is -0.454 e. The minimum atomic E-state index is 0.591. The van der Waals surface area contributed by atoms with E-state index in [-0.39, 0.29) is 0 Å². The molecule has 9 aromatic rings. The van der Waals surface area contributed by atoms with Crippen molar-refractivity contribution >= 4 is 32.8 Å². The van der Waals surface area contributed by atoms with Crippen molar-refractivity contribution in [3.8, 4) is 56.5 Å². The fourth-order valence-corrected chi connectivity index (χ4v) is 6.03. The van der Waals surface area contributed by atoms with E-state index in [4.69, 9.17) is 24.4 Å². The third-order valence-electron chi connectivity index (χ3n) is 8.43. The van der Waals surface area contributed by atoms with Crippen LogP contribution in [-0.2, 0) is 0 Å². The van der Waals surface area contributed by atoms with Crippen LogP contribution in [0.2, 0.25) is 0 Å². The van der Waals surface area contributed by atoms with Crippen molar-refractivity contribution in [3.63, 3.8) is 0 Å². The van der Waals surface area contributed by atoms with Crippen LogP contribution in [0.4, 0.5) is 0 Å². The highest BCUT2D eigenvalue weighted by Gasteiger charge is 2.16. The lowest BCUT2D eigenvalue weighted by Gasteiger charge is -2.10. The molecule has 0 fully saturated rings. The summed E-state index contributed by atoms with van der Waals surface area (Å²) in [6.07, 6.45) is 3.67. The van der Waals surface area contributed by atoms with E-state index in [0.29, 0.717) is 17.5 Å². The Kier molecular flexibility index (Phi) is 6.35. The number of hydrogen-bond donors (Lipinski definition) is 0. The lowest BCUT2D eigenvalue weighted by atomic mass is 10.0. The van der Waals surface area contributed by atoms with E-state index in [1.54, 1.807) is 6.20 Å². The summed E-state index contributed by atoms with van der Waals surface area (Å²) in [5.74, 6) is 1.82. The zero-order valence-electron chi connectivity index (χ0n) is 25.1. The van der Waals surface area contributed by atoms with Crippen LogP contribution in [-0.4, -0.2) is 24.9 Å². The van der Waals surface area contributed by atoms with E-state index in [9.17, 15) is 0 Å². The largest absolute Gasteiger partial charge is 0.454 e. The highest BCUT2D eigenvalue weighted by atomic mass is 16.3. The molecule has 0 spiro atoms. The van der Waals surface area contributed by atoms with Gasteiger partial charge in [0.25, 0.3) is 0 Å². The molecule has 47 heavy (non-hydrogen) atoms. The second-order valence-corrected chi connectivity index (χ2v) is 11.4. The summed E-state index contributed by atoms with van der Waals surface area (Å²) in [6.45, 7) is 0. The van der Waals surface area contributed by atoms with E-state index in [2.05, 4.69) is 59.6 Å². The molecule has 4 aromatic heterocycles. The predicted molar refractivity (Wildman–Crippen MR) is 187 cm³/mol. The highest BCUT2D eigenvalue weighted by molar-refractivity contribution is 6.14. The maximum absolute atomic E-state index is 6.26. The summed E-state index contributed by atoms with van der Waals surface area (Å²) in [5.41, 5.74) is 9.24. The van der Waals surface area contributed by atoms with E-state index < -0.39 is 0 Å². The van der Waals surface area contributed by atoms with Gasteiger partial charge >= 0.3 is 0 Å². The number of fused-ring (bicyclic) bond motifs is 5. The fourth-order valence-electron chi connectivity index (χ4n) is 6.03. The van der Waals surface area contributed by atoms with Crippen LogP contribution >= 0.6 is 0 Å². The van der Waals surface area contributed by atoms with Gasteiger partial charge in [0.1, 0.15) is 5.58 Å². The Balaban J connectivity index is 1.14. The maximum Gasteiger partial charge on any atom is 0.164 e. The van der Waals surface area contributed by atoms with Crippen molar-refractivity contribution in [2.75, 3.05) is 0 Å². The van der Waals surface area contributed by atoms with Crippen molar-refractivity contribution in [1.29, 1.82) is 0 Å². The normalized spacial score (nSPS) is 11.4. The van der Waals surface area contributed by atoms with Gasteiger partial charge in [-0.3, -0.25) is 9.97 Å². The zero-order valence-corrected chi connectivity index (χ0v) is 25.1. The van der Waals surface area contributed by atoms with Crippen molar-refractivity contribution in [1.82, 2.24) is 24.9 Å². The number of furan rings is 1.